The molecule has 1 saturated carbocycles. The first-order valence-electron chi connectivity index (χ1n) is 16.3. The van der Waals surface area contributed by atoms with Gasteiger partial charge in [-0.05, 0) is 59.6 Å². The fourth-order valence-corrected chi connectivity index (χ4v) is 6.59. The van der Waals surface area contributed by atoms with E-state index in [9.17, 15) is 33.0 Å². The van der Waals surface area contributed by atoms with Crippen LogP contribution in [0.2, 0.25) is 0 Å². The number of carbonyl (C=O) groups excluding carboxylic acids is 2. The van der Waals surface area contributed by atoms with Crippen LogP contribution in [0.25, 0.3) is 0 Å². The van der Waals surface area contributed by atoms with E-state index in [1.165, 1.54) is 13.0 Å². The van der Waals surface area contributed by atoms with Gasteiger partial charge in [-0.1, -0.05) is 116 Å². The van der Waals surface area contributed by atoms with Crippen LogP contribution in [0.15, 0.2) is 106 Å². The summed E-state index contributed by atoms with van der Waals surface area (Å²) in [5, 5.41) is 19.5. The molecule has 2 aliphatic rings. The Labute approximate surface area is 297 Å². The number of Topliss-reactive ketones (excluding diaryl/α,β-unsaturated/α-hetero) is 1. The van der Waals surface area contributed by atoms with Gasteiger partial charge in [-0.15, -0.1) is 0 Å². The van der Waals surface area contributed by atoms with Gasteiger partial charge in [0.15, 0.2) is 5.78 Å². The first-order chi connectivity index (χ1) is 23.1. The van der Waals surface area contributed by atoms with Gasteiger partial charge in [0.2, 0.25) is 0 Å². The number of aliphatic carboxylic acids is 1. The minimum Gasteiger partial charge on any atom is -0.481 e. The van der Waals surface area contributed by atoms with Gasteiger partial charge in [-0.25, -0.2) is 4.18 Å². The molecule has 0 aromatic heterocycles. The third-order valence-corrected chi connectivity index (χ3v) is 9.70. The topological polar surface area (TPSA) is 155 Å². The highest BCUT2D eigenvalue weighted by molar-refractivity contribution is 7.80. The molecule has 1 fully saturated rings. The summed E-state index contributed by atoms with van der Waals surface area (Å²) in [5.74, 6) is 4.45. The van der Waals surface area contributed by atoms with Gasteiger partial charge >= 0.3 is 16.4 Å². The van der Waals surface area contributed by atoms with E-state index in [4.69, 9.17) is 8.74 Å². The number of rotatable bonds is 13. The molecular formula is C40H50O9S. The van der Waals surface area contributed by atoms with Crippen molar-refractivity contribution in [3.8, 4) is 11.8 Å². The lowest BCUT2D eigenvalue weighted by Crippen LogP contribution is -2.44. The number of carboxylic acid groups (broad SMARTS) is 1. The molecule has 10 heteroatoms. The van der Waals surface area contributed by atoms with Crippen LogP contribution >= 0.6 is 0 Å². The Morgan fingerprint density at radius 2 is 1.38 bits per heavy atom. The van der Waals surface area contributed by atoms with Gasteiger partial charge in [0.1, 0.15) is 5.78 Å². The number of aliphatic hydroxyl groups is 1. The summed E-state index contributed by atoms with van der Waals surface area (Å²) in [6.45, 7) is 14.2. The van der Waals surface area contributed by atoms with Crippen LogP contribution in [-0.2, 0) is 29.0 Å². The average Bonchev–Trinajstić information content (AvgIpc) is 3.24. The van der Waals surface area contributed by atoms with Crippen molar-refractivity contribution in [2.24, 2.45) is 16.2 Å². The smallest absolute Gasteiger partial charge is 0.397 e. The zero-order chi connectivity index (χ0) is 37.9. The largest absolute Gasteiger partial charge is 0.481 e. The zero-order valence-electron chi connectivity index (χ0n) is 30.2. The van der Waals surface area contributed by atoms with Crippen molar-refractivity contribution >= 4 is 27.9 Å². The molecule has 0 aliphatic heterocycles. The molecular weight excluding hydrogens is 656 g/mol. The maximum atomic E-state index is 12.9. The van der Waals surface area contributed by atoms with Gasteiger partial charge in [0.25, 0.3) is 0 Å². The van der Waals surface area contributed by atoms with Crippen LogP contribution in [0.1, 0.15) is 81.1 Å². The molecule has 0 aromatic carbocycles. The lowest BCUT2D eigenvalue weighted by atomic mass is 9.65. The van der Waals surface area contributed by atoms with E-state index < -0.39 is 38.7 Å². The van der Waals surface area contributed by atoms with Crippen LogP contribution in [0.4, 0.5) is 0 Å². The highest BCUT2D eigenvalue weighted by atomic mass is 32.3. The van der Waals surface area contributed by atoms with Crippen molar-refractivity contribution < 1.29 is 41.8 Å². The maximum absolute atomic E-state index is 12.9. The normalized spacial score (nSPS) is 25.7. The number of ketones is 2. The molecule has 2 rings (SSSR count). The predicted molar refractivity (Wildman–Crippen MR) is 196 cm³/mol. The van der Waals surface area contributed by atoms with E-state index in [-0.39, 0.29) is 31.0 Å². The molecule has 3 N–H and O–H groups in total. The molecule has 9 nitrogen and oxygen atoms in total. The average molecular weight is 707 g/mol. The second-order valence-corrected chi connectivity index (χ2v) is 15.1. The lowest BCUT2D eigenvalue weighted by Gasteiger charge is -2.35. The third-order valence-electron chi connectivity index (χ3n) is 9.19. The molecule has 3 unspecified atom stereocenters. The Morgan fingerprint density at radius 1 is 0.860 bits per heavy atom. The molecule has 3 atom stereocenters. The van der Waals surface area contributed by atoms with E-state index >= 15 is 0 Å². The summed E-state index contributed by atoms with van der Waals surface area (Å²) < 4.78 is 36.2. The molecule has 2 aliphatic carbocycles. The first-order valence-corrected chi connectivity index (χ1v) is 17.7. The highest BCUT2D eigenvalue weighted by Gasteiger charge is 2.60. The predicted octanol–water partition coefficient (Wildman–Crippen LogP) is 7.33. The van der Waals surface area contributed by atoms with Crippen molar-refractivity contribution in [3.05, 3.63) is 106 Å². The minimum absolute atomic E-state index is 0.0790. The maximum Gasteiger partial charge on any atom is 0.397 e. The fraction of sp³-hybridized carbons (Fsp3) is 0.425. The summed E-state index contributed by atoms with van der Waals surface area (Å²) in [4.78, 5) is 36.8. The summed E-state index contributed by atoms with van der Waals surface area (Å²) >= 11 is 0. The summed E-state index contributed by atoms with van der Waals surface area (Å²) in [7, 11) is -4.54. The van der Waals surface area contributed by atoms with E-state index in [0.29, 0.717) is 18.4 Å². The van der Waals surface area contributed by atoms with Crippen molar-refractivity contribution in [2.75, 3.05) is 6.61 Å². The van der Waals surface area contributed by atoms with Gasteiger partial charge in [-0.3, -0.25) is 18.9 Å². The Kier molecular flexibility index (Phi) is 14.9. The van der Waals surface area contributed by atoms with E-state index in [1.54, 1.807) is 19.1 Å². The van der Waals surface area contributed by atoms with Gasteiger partial charge in [0, 0.05) is 29.4 Å². The first kappa shape index (κ1) is 42.0. The molecule has 0 heterocycles. The molecule has 0 aromatic rings. The molecule has 270 valence electrons. The molecule has 0 amide bonds. The van der Waals surface area contributed by atoms with Crippen LogP contribution in [-0.4, -0.2) is 53.4 Å². The highest BCUT2D eigenvalue weighted by Crippen LogP contribution is 2.52. The second kappa shape index (κ2) is 17.7. The Morgan fingerprint density at radius 3 is 1.90 bits per heavy atom. The monoisotopic (exact) mass is 706 g/mol. The van der Waals surface area contributed by atoms with Crippen LogP contribution < -0.4 is 0 Å². The fourth-order valence-electron chi connectivity index (χ4n) is 6.11. The van der Waals surface area contributed by atoms with Crippen molar-refractivity contribution in [2.45, 2.75) is 87.2 Å². The van der Waals surface area contributed by atoms with E-state index in [0.717, 1.165) is 27.9 Å². The van der Waals surface area contributed by atoms with E-state index in [2.05, 4.69) is 11.8 Å². The summed E-state index contributed by atoms with van der Waals surface area (Å²) in [6.07, 6.45) is 21.5. The standard InChI is InChI=1S/C40H50O9S/c1-28(15-11-16-30(3)19-22-36(43)39(7)24-33(42)25-40(39,8)37(44)45)13-9-10-14-29(2)17-12-18-32(27-41)20-21-35-31(4)23-34(26-38(35,5)6)49-50(46,47)48/h9-19,22,34,41H,23-27H2,1-8H3,(H,44,45)(H,46,47,48). The third kappa shape index (κ3) is 12.0. The Balaban J connectivity index is 1.99. The number of carboxylic acids is 1. The molecule has 0 radical (unpaired) electrons. The molecule has 0 spiro atoms. The SMILES string of the molecule is CC(C=CC=C(C)C=CC(=O)C1(C)CC(=O)CC1(C)C(=O)O)=CC=CC=C(C)C=CC=C(C#CC1=C(C)CC(OS(=O)(=O)O)CC1(C)C)CO. The van der Waals surface area contributed by atoms with Gasteiger partial charge in [-0.2, -0.15) is 8.42 Å². The van der Waals surface area contributed by atoms with Crippen LogP contribution in [0.3, 0.4) is 0 Å². The second-order valence-electron chi connectivity index (χ2n) is 14.1. The number of carbonyl (C=O) groups is 3. The number of hydrogen-bond acceptors (Lipinski definition) is 7. The number of allylic oxidation sites excluding steroid dienone is 16. The van der Waals surface area contributed by atoms with Crippen LogP contribution in [0, 0.1) is 28.1 Å². The summed E-state index contributed by atoms with van der Waals surface area (Å²) in [5.41, 5.74) is 1.82. The summed E-state index contributed by atoms with van der Waals surface area (Å²) in [6, 6.07) is 0. The van der Waals surface area contributed by atoms with E-state index in [1.807, 2.05) is 96.2 Å². The molecule has 0 saturated heterocycles. The zero-order valence-corrected chi connectivity index (χ0v) is 31.1. The van der Waals surface area contributed by atoms with Gasteiger partial charge < -0.3 is 10.2 Å². The quantitative estimate of drug-likeness (QED) is 0.0773. The van der Waals surface area contributed by atoms with Crippen molar-refractivity contribution in [1.29, 1.82) is 0 Å². The molecule has 0 bridgehead atoms. The number of hydrogen-bond donors (Lipinski definition) is 3. The number of aliphatic hydroxyl groups excluding tert-OH is 1. The van der Waals surface area contributed by atoms with Crippen molar-refractivity contribution in [3.63, 3.8) is 0 Å². The van der Waals surface area contributed by atoms with Crippen molar-refractivity contribution in [1.82, 2.24) is 0 Å². The lowest BCUT2D eigenvalue weighted by molar-refractivity contribution is -0.157. The van der Waals surface area contributed by atoms with Crippen LogP contribution in [0.5, 0.6) is 0 Å². The van der Waals surface area contributed by atoms with Gasteiger partial charge in [0.05, 0.1) is 23.5 Å². The Bertz CT molecular complexity index is 1800. The Hall–Kier alpha value is -4.14. The molecule has 50 heavy (non-hydrogen) atoms. The minimum atomic E-state index is -4.54.